The molecular weight excluding hydrogens is 252 g/mol. The molecule has 0 bridgehead atoms. The number of carbonyl (C=O) groups is 2. The predicted molar refractivity (Wildman–Crippen MR) is 70.7 cm³/mol. The lowest BCUT2D eigenvalue weighted by Gasteiger charge is -2.37. The third-order valence-electron chi connectivity index (χ3n) is 3.57. The summed E-state index contributed by atoms with van der Waals surface area (Å²) in [6.07, 6.45) is 2.02. The lowest BCUT2D eigenvalue weighted by molar-refractivity contribution is -0.142. The normalized spacial score (nSPS) is 29.0. The second-order valence-electron chi connectivity index (χ2n) is 4.90. The van der Waals surface area contributed by atoms with Gasteiger partial charge in [0, 0.05) is 24.6 Å². The van der Waals surface area contributed by atoms with Crippen molar-refractivity contribution >= 4 is 23.6 Å². The molecule has 2 fully saturated rings. The molecule has 0 saturated carbocycles. The van der Waals surface area contributed by atoms with E-state index in [0.29, 0.717) is 6.54 Å². The molecule has 5 nitrogen and oxygen atoms in total. The number of nitrogens with zero attached hydrogens (tertiary/aromatic N) is 1. The van der Waals surface area contributed by atoms with E-state index in [0.717, 1.165) is 37.4 Å². The van der Waals surface area contributed by atoms with Crippen LogP contribution in [0.1, 0.15) is 19.3 Å². The van der Waals surface area contributed by atoms with E-state index >= 15 is 0 Å². The number of carboxylic acid groups (broad SMARTS) is 1. The summed E-state index contributed by atoms with van der Waals surface area (Å²) in [4.78, 5) is 25.1. The fourth-order valence-electron chi connectivity index (χ4n) is 2.61. The highest BCUT2D eigenvalue weighted by Gasteiger charge is 2.33. The van der Waals surface area contributed by atoms with Gasteiger partial charge in [-0.15, -0.1) is 0 Å². The van der Waals surface area contributed by atoms with Crippen LogP contribution in [0.5, 0.6) is 0 Å². The molecule has 2 aliphatic rings. The quantitative estimate of drug-likeness (QED) is 0.778. The molecular formula is C12H20N2O3S. The van der Waals surface area contributed by atoms with Crippen LogP contribution in [0.15, 0.2) is 0 Å². The minimum Gasteiger partial charge on any atom is -0.481 e. The number of carbonyl (C=O) groups excluding carboxylic acids is 1. The molecule has 0 aliphatic carbocycles. The minimum atomic E-state index is -0.818. The number of amides is 1. The highest BCUT2D eigenvalue weighted by Crippen LogP contribution is 2.23. The maximum atomic E-state index is 12.4. The summed E-state index contributed by atoms with van der Waals surface area (Å²) in [5, 5.41) is 12.2. The molecule has 2 aliphatic heterocycles. The van der Waals surface area contributed by atoms with Gasteiger partial charge in [0.1, 0.15) is 0 Å². The Morgan fingerprint density at radius 1 is 1.44 bits per heavy atom. The van der Waals surface area contributed by atoms with Crippen molar-refractivity contribution in [3.8, 4) is 0 Å². The lowest BCUT2D eigenvalue weighted by atomic mass is 9.97. The Bertz CT molecular complexity index is 318. The number of hydrogen-bond donors (Lipinski definition) is 2. The van der Waals surface area contributed by atoms with Gasteiger partial charge < -0.3 is 15.3 Å². The molecule has 0 aromatic heterocycles. The van der Waals surface area contributed by atoms with Crippen molar-refractivity contribution in [1.82, 2.24) is 10.2 Å². The van der Waals surface area contributed by atoms with E-state index in [4.69, 9.17) is 5.11 Å². The lowest BCUT2D eigenvalue weighted by Crippen LogP contribution is -2.51. The molecule has 1 amide bonds. The number of hydrogen-bond acceptors (Lipinski definition) is 4. The molecule has 102 valence electrons. The second-order valence-corrected chi connectivity index (χ2v) is 6.05. The number of carboxylic acids is 1. The summed E-state index contributed by atoms with van der Waals surface area (Å²) in [6.45, 7) is 2.42. The van der Waals surface area contributed by atoms with Gasteiger partial charge in [0.25, 0.3) is 0 Å². The van der Waals surface area contributed by atoms with Crippen molar-refractivity contribution in [2.45, 2.75) is 25.3 Å². The Morgan fingerprint density at radius 2 is 2.28 bits per heavy atom. The van der Waals surface area contributed by atoms with E-state index < -0.39 is 5.97 Å². The van der Waals surface area contributed by atoms with Crippen LogP contribution in [0.2, 0.25) is 0 Å². The largest absolute Gasteiger partial charge is 0.481 e. The topological polar surface area (TPSA) is 69.6 Å². The van der Waals surface area contributed by atoms with E-state index in [9.17, 15) is 9.59 Å². The summed E-state index contributed by atoms with van der Waals surface area (Å²) in [5.74, 6) is 1.04. The minimum absolute atomic E-state index is 0.0399. The first-order chi connectivity index (χ1) is 8.68. The van der Waals surface area contributed by atoms with Crippen LogP contribution in [0.3, 0.4) is 0 Å². The monoisotopic (exact) mass is 272 g/mol. The first-order valence-electron chi connectivity index (χ1n) is 6.49. The van der Waals surface area contributed by atoms with Crippen LogP contribution in [0.25, 0.3) is 0 Å². The molecule has 0 spiro atoms. The number of thioether (sulfide) groups is 1. The zero-order valence-electron chi connectivity index (χ0n) is 10.4. The molecule has 2 N–H and O–H groups in total. The summed E-state index contributed by atoms with van der Waals surface area (Å²) in [7, 11) is 0. The Hall–Kier alpha value is -0.750. The molecule has 2 saturated heterocycles. The smallest absolute Gasteiger partial charge is 0.305 e. The molecule has 6 heteroatoms. The predicted octanol–water partition coefficient (Wildman–Crippen LogP) is 0.405. The second kappa shape index (κ2) is 6.43. The zero-order valence-corrected chi connectivity index (χ0v) is 11.2. The number of nitrogens with one attached hydrogen (secondary N) is 1. The van der Waals surface area contributed by atoms with Gasteiger partial charge in [-0.1, -0.05) is 0 Å². The van der Waals surface area contributed by atoms with Crippen LogP contribution in [0.4, 0.5) is 0 Å². The molecule has 18 heavy (non-hydrogen) atoms. The summed E-state index contributed by atoms with van der Waals surface area (Å²) >= 11 is 1.74. The highest BCUT2D eigenvalue weighted by molar-refractivity contribution is 7.99. The van der Waals surface area contributed by atoms with Gasteiger partial charge in [-0.3, -0.25) is 9.59 Å². The molecule has 2 rings (SSSR count). The van der Waals surface area contributed by atoms with E-state index in [1.165, 1.54) is 0 Å². The zero-order chi connectivity index (χ0) is 13.0. The average molecular weight is 272 g/mol. The van der Waals surface area contributed by atoms with Gasteiger partial charge in [-0.05, 0) is 19.4 Å². The third-order valence-corrected chi connectivity index (χ3v) is 4.66. The maximum absolute atomic E-state index is 12.4. The molecule has 2 heterocycles. The van der Waals surface area contributed by atoms with Crippen molar-refractivity contribution in [2.75, 3.05) is 31.1 Å². The Morgan fingerprint density at radius 3 is 2.94 bits per heavy atom. The average Bonchev–Trinajstić information content (AvgIpc) is 2.39. The molecule has 0 radical (unpaired) electrons. The van der Waals surface area contributed by atoms with Crippen LogP contribution in [0, 0.1) is 5.92 Å². The molecule has 0 aromatic rings. The molecule has 0 aromatic carbocycles. The summed E-state index contributed by atoms with van der Waals surface area (Å²) in [5.41, 5.74) is 0. The fourth-order valence-corrected chi connectivity index (χ4v) is 3.68. The summed E-state index contributed by atoms with van der Waals surface area (Å²) < 4.78 is 0. The first-order valence-corrected chi connectivity index (χ1v) is 7.64. The van der Waals surface area contributed by atoms with Crippen LogP contribution in [-0.4, -0.2) is 59.1 Å². The van der Waals surface area contributed by atoms with Crippen molar-refractivity contribution in [1.29, 1.82) is 0 Å². The van der Waals surface area contributed by atoms with Gasteiger partial charge >= 0.3 is 5.97 Å². The highest BCUT2D eigenvalue weighted by atomic mass is 32.2. The Labute approximate surface area is 111 Å². The number of piperidine rings is 1. The Balaban J connectivity index is 1.98. The van der Waals surface area contributed by atoms with Gasteiger partial charge in [-0.25, -0.2) is 0 Å². The van der Waals surface area contributed by atoms with E-state index in [-0.39, 0.29) is 24.3 Å². The van der Waals surface area contributed by atoms with E-state index in [2.05, 4.69) is 5.32 Å². The van der Waals surface area contributed by atoms with Crippen molar-refractivity contribution < 1.29 is 14.7 Å². The van der Waals surface area contributed by atoms with Crippen molar-refractivity contribution in [2.24, 2.45) is 5.92 Å². The van der Waals surface area contributed by atoms with Crippen molar-refractivity contribution in [3.63, 3.8) is 0 Å². The Kier molecular flexibility index (Phi) is 4.88. The fraction of sp³-hybridized carbons (Fsp3) is 0.833. The van der Waals surface area contributed by atoms with Gasteiger partial charge in [0.2, 0.25) is 5.91 Å². The van der Waals surface area contributed by atoms with E-state index in [1.807, 2.05) is 4.90 Å². The standard InChI is InChI=1S/C12H20N2O3S/c15-11(16)6-10-8-18-5-4-14(10)12(17)9-2-1-3-13-7-9/h9-10,13H,1-8H2,(H,15,16). The summed E-state index contributed by atoms with van der Waals surface area (Å²) in [6, 6.07) is -0.129. The first kappa shape index (κ1) is 13.7. The van der Waals surface area contributed by atoms with Gasteiger partial charge in [0.05, 0.1) is 18.4 Å². The van der Waals surface area contributed by atoms with Gasteiger partial charge in [-0.2, -0.15) is 11.8 Å². The SMILES string of the molecule is O=C(O)CC1CSCCN1C(=O)C1CCCNC1. The van der Waals surface area contributed by atoms with Crippen LogP contribution < -0.4 is 5.32 Å². The van der Waals surface area contributed by atoms with Crippen LogP contribution in [-0.2, 0) is 9.59 Å². The van der Waals surface area contributed by atoms with Crippen molar-refractivity contribution in [3.05, 3.63) is 0 Å². The maximum Gasteiger partial charge on any atom is 0.305 e. The van der Waals surface area contributed by atoms with Gasteiger partial charge in [0.15, 0.2) is 0 Å². The molecule has 2 unspecified atom stereocenters. The molecule has 2 atom stereocenters. The number of aliphatic carboxylic acids is 1. The van der Waals surface area contributed by atoms with E-state index in [1.54, 1.807) is 11.8 Å². The third kappa shape index (κ3) is 3.38. The number of rotatable bonds is 3. The van der Waals surface area contributed by atoms with Crippen LogP contribution >= 0.6 is 11.8 Å².